The molecule has 0 aliphatic rings. The van der Waals surface area contributed by atoms with Gasteiger partial charge in [-0.1, -0.05) is 0 Å². The highest BCUT2D eigenvalue weighted by atomic mass is 16.5. The zero-order valence-electron chi connectivity index (χ0n) is 10.3. The summed E-state index contributed by atoms with van der Waals surface area (Å²) in [6, 6.07) is 3.45. The van der Waals surface area contributed by atoms with Crippen LogP contribution in [0, 0.1) is 0 Å². The van der Waals surface area contributed by atoms with Crippen molar-refractivity contribution in [3.63, 3.8) is 0 Å². The maximum atomic E-state index is 12.2. The summed E-state index contributed by atoms with van der Waals surface area (Å²) in [5.74, 6) is 0.301. The summed E-state index contributed by atoms with van der Waals surface area (Å²) in [6.07, 6.45) is 2.40. The monoisotopic (exact) mass is 237 g/mol. The molecule has 0 saturated heterocycles. The first-order valence-electron chi connectivity index (χ1n) is 5.73. The maximum Gasteiger partial charge on any atom is 0.259 e. The van der Waals surface area contributed by atoms with E-state index in [4.69, 9.17) is 10.5 Å². The summed E-state index contributed by atoms with van der Waals surface area (Å²) in [7, 11) is 1.51. The standard InChI is InChI=1S/C12H19N3O2/c1-3-15(9-5-7-13)12(16)10-6-4-8-14-11(10)17-2/h4,6,8H,3,5,7,9,13H2,1-2H3. The van der Waals surface area contributed by atoms with Gasteiger partial charge in [0.05, 0.1) is 7.11 Å². The molecule has 0 radical (unpaired) electrons. The van der Waals surface area contributed by atoms with E-state index in [-0.39, 0.29) is 5.91 Å². The van der Waals surface area contributed by atoms with E-state index in [0.717, 1.165) is 6.42 Å². The molecule has 0 unspecified atom stereocenters. The van der Waals surface area contributed by atoms with Crippen molar-refractivity contribution in [2.75, 3.05) is 26.7 Å². The number of methoxy groups -OCH3 is 1. The van der Waals surface area contributed by atoms with Gasteiger partial charge in [-0.05, 0) is 32.0 Å². The first kappa shape index (κ1) is 13.4. The van der Waals surface area contributed by atoms with Crippen LogP contribution >= 0.6 is 0 Å². The fourth-order valence-corrected chi connectivity index (χ4v) is 1.57. The second-order valence-electron chi connectivity index (χ2n) is 3.59. The summed E-state index contributed by atoms with van der Waals surface area (Å²) in [4.78, 5) is 18.0. The average Bonchev–Trinajstić information content (AvgIpc) is 2.39. The number of nitrogens with two attached hydrogens (primary N) is 1. The van der Waals surface area contributed by atoms with Gasteiger partial charge in [0.2, 0.25) is 5.88 Å². The van der Waals surface area contributed by atoms with E-state index in [2.05, 4.69) is 4.98 Å². The van der Waals surface area contributed by atoms with E-state index in [1.165, 1.54) is 7.11 Å². The van der Waals surface area contributed by atoms with Crippen LogP contribution in [0.5, 0.6) is 5.88 Å². The molecule has 1 aromatic rings. The molecule has 1 rings (SSSR count). The van der Waals surface area contributed by atoms with Gasteiger partial charge in [0, 0.05) is 19.3 Å². The van der Waals surface area contributed by atoms with Gasteiger partial charge >= 0.3 is 0 Å². The second-order valence-corrected chi connectivity index (χ2v) is 3.59. The van der Waals surface area contributed by atoms with Crippen LogP contribution in [0.15, 0.2) is 18.3 Å². The van der Waals surface area contributed by atoms with Crippen LogP contribution in [0.25, 0.3) is 0 Å². The van der Waals surface area contributed by atoms with Gasteiger partial charge in [0.15, 0.2) is 0 Å². The van der Waals surface area contributed by atoms with Crippen molar-refractivity contribution in [3.8, 4) is 5.88 Å². The van der Waals surface area contributed by atoms with Crippen molar-refractivity contribution >= 4 is 5.91 Å². The topological polar surface area (TPSA) is 68.5 Å². The Morgan fingerprint density at radius 2 is 2.35 bits per heavy atom. The molecule has 0 fully saturated rings. The Bertz CT molecular complexity index is 369. The number of pyridine rings is 1. The zero-order chi connectivity index (χ0) is 12.7. The summed E-state index contributed by atoms with van der Waals surface area (Å²) < 4.78 is 5.08. The van der Waals surface area contributed by atoms with Crippen molar-refractivity contribution in [3.05, 3.63) is 23.9 Å². The van der Waals surface area contributed by atoms with Gasteiger partial charge < -0.3 is 15.4 Å². The minimum Gasteiger partial charge on any atom is -0.480 e. The van der Waals surface area contributed by atoms with Crippen molar-refractivity contribution in [1.29, 1.82) is 0 Å². The van der Waals surface area contributed by atoms with Crippen LogP contribution in [0.4, 0.5) is 0 Å². The second kappa shape index (κ2) is 6.85. The third kappa shape index (κ3) is 3.42. The number of hydrogen-bond donors (Lipinski definition) is 1. The molecule has 5 nitrogen and oxygen atoms in total. The normalized spacial score (nSPS) is 10.1. The van der Waals surface area contributed by atoms with Gasteiger partial charge in [0.1, 0.15) is 5.56 Å². The lowest BCUT2D eigenvalue weighted by molar-refractivity contribution is 0.0759. The SMILES string of the molecule is CCN(CCCN)C(=O)c1cccnc1OC. The Balaban J connectivity index is 2.85. The number of nitrogens with zero attached hydrogens (tertiary/aromatic N) is 2. The lowest BCUT2D eigenvalue weighted by Gasteiger charge is -2.21. The first-order valence-corrected chi connectivity index (χ1v) is 5.73. The molecule has 1 aromatic heterocycles. The summed E-state index contributed by atoms with van der Waals surface area (Å²) in [5, 5.41) is 0. The highest BCUT2D eigenvalue weighted by Crippen LogP contribution is 2.16. The lowest BCUT2D eigenvalue weighted by atomic mass is 10.2. The Kier molecular flexibility index (Phi) is 5.42. The van der Waals surface area contributed by atoms with E-state index in [1.807, 2.05) is 6.92 Å². The summed E-state index contributed by atoms with van der Waals surface area (Å²) in [6.45, 7) is 3.83. The third-order valence-electron chi connectivity index (χ3n) is 2.50. The van der Waals surface area contributed by atoms with Crippen molar-refractivity contribution in [2.24, 2.45) is 5.73 Å². The van der Waals surface area contributed by atoms with Gasteiger partial charge in [0.25, 0.3) is 5.91 Å². The minimum absolute atomic E-state index is 0.0640. The number of rotatable bonds is 6. The van der Waals surface area contributed by atoms with E-state index in [1.54, 1.807) is 23.2 Å². The van der Waals surface area contributed by atoms with Crippen LogP contribution in [0.2, 0.25) is 0 Å². The molecule has 94 valence electrons. The summed E-state index contributed by atoms with van der Waals surface area (Å²) >= 11 is 0. The Morgan fingerprint density at radius 1 is 1.59 bits per heavy atom. The average molecular weight is 237 g/mol. The summed E-state index contributed by atoms with van der Waals surface area (Å²) in [5.41, 5.74) is 5.95. The van der Waals surface area contributed by atoms with Gasteiger partial charge in [-0.25, -0.2) is 4.98 Å². The van der Waals surface area contributed by atoms with Gasteiger partial charge in [-0.3, -0.25) is 4.79 Å². The Hall–Kier alpha value is -1.62. The van der Waals surface area contributed by atoms with E-state index in [0.29, 0.717) is 31.1 Å². The molecule has 0 saturated carbocycles. The predicted molar refractivity (Wildman–Crippen MR) is 66.0 cm³/mol. The van der Waals surface area contributed by atoms with Crippen molar-refractivity contribution < 1.29 is 9.53 Å². The molecule has 0 atom stereocenters. The number of amides is 1. The molecular formula is C12H19N3O2. The molecule has 0 aromatic carbocycles. The van der Waals surface area contributed by atoms with Gasteiger partial charge in [-0.15, -0.1) is 0 Å². The molecule has 5 heteroatoms. The zero-order valence-corrected chi connectivity index (χ0v) is 10.3. The van der Waals surface area contributed by atoms with Crippen LogP contribution in [0.1, 0.15) is 23.7 Å². The highest BCUT2D eigenvalue weighted by Gasteiger charge is 2.18. The molecule has 0 aliphatic heterocycles. The number of aromatic nitrogens is 1. The Morgan fingerprint density at radius 3 is 2.94 bits per heavy atom. The fraction of sp³-hybridized carbons (Fsp3) is 0.500. The molecule has 0 spiro atoms. The number of carbonyl (C=O) groups excluding carboxylic acids is 1. The lowest BCUT2D eigenvalue weighted by Crippen LogP contribution is -2.33. The minimum atomic E-state index is -0.0640. The third-order valence-corrected chi connectivity index (χ3v) is 2.50. The molecule has 1 amide bonds. The number of carbonyl (C=O) groups is 1. The molecule has 0 aliphatic carbocycles. The molecule has 1 heterocycles. The van der Waals surface area contributed by atoms with E-state index in [9.17, 15) is 4.79 Å². The van der Waals surface area contributed by atoms with Crippen molar-refractivity contribution in [1.82, 2.24) is 9.88 Å². The predicted octanol–water partition coefficient (Wildman–Crippen LogP) is 0.901. The molecule has 2 N–H and O–H groups in total. The van der Waals surface area contributed by atoms with E-state index < -0.39 is 0 Å². The number of ether oxygens (including phenoxy) is 1. The molecule has 0 bridgehead atoms. The van der Waals surface area contributed by atoms with Gasteiger partial charge in [-0.2, -0.15) is 0 Å². The molecular weight excluding hydrogens is 218 g/mol. The maximum absolute atomic E-state index is 12.2. The highest BCUT2D eigenvalue weighted by molar-refractivity contribution is 5.96. The smallest absolute Gasteiger partial charge is 0.259 e. The van der Waals surface area contributed by atoms with Crippen LogP contribution in [-0.4, -0.2) is 42.5 Å². The van der Waals surface area contributed by atoms with Crippen LogP contribution < -0.4 is 10.5 Å². The first-order chi connectivity index (χ1) is 8.24. The quantitative estimate of drug-likeness (QED) is 0.798. The van der Waals surface area contributed by atoms with Crippen LogP contribution in [-0.2, 0) is 0 Å². The number of hydrogen-bond acceptors (Lipinski definition) is 4. The van der Waals surface area contributed by atoms with Crippen LogP contribution in [0.3, 0.4) is 0 Å². The Labute approximate surface area is 102 Å². The van der Waals surface area contributed by atoms with E-state index >= 15 is 0 Å². The molecule has 17 heavy (non-hydrogen) atoms. The van der Waals surface area contributed by atoms with Crippen molar-refractivity contribution in [2.45, 2.75) is 13.3 Å². The largest absolute Gasteiger partial charge is 0.480 e. The fourth-order valence-electron chi connectivity index (χ4n) is 1.57.